The maximum atomic E-state index is 12.3. The highest BCUT2D eigenvalue weighted by Gasteiger charge is 2.27. The zero-order valence-corrected chi connectivity index (χ0v) is 12.1. The predicted octanol–water partition coefficient (Wildman–Crippen LogP) is 2.78. The van der Waals surface area contributed by atoms with E-state index in [1.54, 1.807) is 6.07 Å². The van der Waals surface area contributed by atoms with Gasteiger partial charge in [-0.25, -0.2) is 0 Å². The number of carbonyl (C=O) groups is 2. The molecular weight excluding hydrogens is 310 g/mol. The van der Waals surface area contributed by atoms with Crippen LogP contribution in [0.4, 0.5) is 0 Å². The van der Waals surface area contributed by atoms with Crippen molar-refractivity contribution in [3.63, 3.8) is 0 Å². The van der Waals surface area contributed by atoms with Crippen molar-refractivity contribution in [3.05, 3.63) is 34.3 Å². The number of aliphatic carboxylic acids is 1. The molecule has 102 valence electrons. The average Bonchev–Trinajstić information content (AvgIpc) is 2.84. The van der Waals surface area contributed by atoms with Crippen LogP contribution >= 0.6 is 15.9 Å². The van der Waals surface area contributed by atoms with E-state index in [1.165, 1.54) is 0 Å². The monoisotopic (exact) mass is 325 g/mol. The molecule has 1 aliphatic heterocycles. The SMILES string of the molecule is O=C(O)CCC1CCN(C(=O)c2cccc(Br)c2)C1. The highest BCUT2D eigenvalue weighted by molar-refractivity contribution is 9.10. The van der Waals surface area contributed by atoms with Gasteiger partial charge in [0.25, 0.3) is 5.91 Å². The second-order valence-corrected chi connectivity index (χ2v) is 5.76. The summed E-state index contributed by atoms with van der Waals surface area (Å²) in [4.78, 5) is 24.6. The summed E-state index contributed by atoms with van der Waals surface area (Å²) in [6.45, 7) is 1.38. The van der Waals surface area contributed by atoms with E-state index in [9.17, 15) is 9.59 Å². The second-order valence-electron chi connectivity index (χ2n) is 4.85. The van der Waals surface area contributed by atoms with Gasteiger partial charge in [-0.15, -0.1) is 0 Å². The van der Waals surface area contributed by atoms with Crippen LogP contribution in [0.25, 0.3) is 0 Å². The molecule has 1 unspecified atom stereocenters. The number of nitrogens with zero attached hydrogens (tertiary/aromatic N) is 1. The normalized spacial score (nSPS) is 18.6. The molecule has 19 heavy (non-hydrogen) atoms. The zero-order chi connectivity index (χ0) is 13.8. The number of carbonyl (C=O) groups excluding carboxylic acids is 1. The molecule has 0 aromatic heterocycles. The van der Waals surface area contributed by atoms with Gasteiger partial charge < -0.3 is 10.0 Å². The summed E-state index contributed by atoms with van der Waals surface area (Å²) in [5, 5.41) is 8.67. The molecule has 0 aliphatic carbocycles. The number of rotatable bonds is 4. The maximum Gasteiger partial charge on any atom is 0.303 e. The van der Waals surface area contributed by atoms with Gasteiger partial charge in [0.1, 0.15) is 0 Å². The fraction of sp³-hybridized carbons (Fsp3) is 0.429. The third-order valence-corrected chi connectivity index (χ3v) is 3.90. The second kappa shape index (κ2) is 6.19. The Balaban J connectivity index is 1.93. The van der Waals surface area contributed by atoms with Crippen molar-refractivity contribution in [1.82, 2.24) is 4.90 Å². The summed E-state index contributed by atoms with van der Waals surface area (Å²) in [5.74, 6) is -0.428. The maximum absolute atomic E-state index is 12.3. The molecular formula is C14H16BrNO3. The van der Waals surface area contributed by atoms with Crippen LogP contribution in [0.3, 0.4) is 0 Å². The first-order valence-corrected chi connectivity index (χ1v) is 7.12. The molecule has 0 bridgehead atoms. The van der Waals surface area contributed by atoms with E-state index in [2.05, 4.69) is 15.9 Å². The van der Waals surface area contributed by atoms with E-state index in [-0.39, 0.29) is 12.3 Å². The molecule has 1 heterocycles. The standard InChI is InChI=1S/C14H16BrNO3/c15-12-3-1-2-11(8-12)14(19)16-7-6-10(9-16)4-5-13(17)18/h1-3,8,10H,4-7,9H2,(H,17,18). The molecule has 5 heteroatoms. The number of benzene rings is 1. The molecule has 1 aromatic carbocycles. The fourth-order valence-electron chi connectivity index (χ4n) is 2.38. The quantitative estimate of drug-likeness (QED) is 0.926. The van der Waals surface area contributed by atoms with Gasteiger partial charge in [0, 0.05) is 29.5 Å². The Morgan fingerprint density at radius 3 is 2.89 bits per heavy atom. The molecule has 1 saturated heterocycles. The van der Waals surface area contributed by atoms with Crippen molar-refractivity contribution >= 4 is 27.8 Å². The molecule has 0 radical (unpaired) electrons. The van der Waals surface area contributed by atoms with Crippen LogP contribution < -0.4 is 0 Å². The minimum atomic E-state index is -0.767. The first-order valence-electron chi connectivity index (χ1n) is 6.33. The molecule has 1 aliphatic rings. The topological polar surface area (TPSA) is 57.6 Å². The van der Waals surface area contributed by atoms with Crippen LogP contribution in [-0.2, 0) is 4.79 Å². The van der Waals surface area contributed by atoms with Crippen LogP contribution in [0.1, 0.15) is 29.6 Å². The Labute approximate surface area is 120 Å². The largest absolute Gasteiger partial charge is 0.481 e. The smallest absolute Gasteiger partial charge is 0.303 e. The summed E-state index contributed by atoms with van der Waals surface area (Å²) in [6.07, 6.45) is 1.73. The average molecular weight is 326 g/mol. The van der Waals surface area contributed by atoms with Gasteiger partial charge in [0.15, 0.2) is 0 Å². The van der Waals surface area contributed by atoms with E-state index in [0.717, 1.165) is 17.4 Å². The summed E-state index contributed by atoms with van der Waals surface area (Å²) in [7, 11) is 0. The third-order valence-electron chi connectivity index (χ3n) is 3.41. The van der Waals surface area contributed by atoms with Gasteiger partial charge in [-0.1, -0.05) is 22.0 Å². The Hall–Kier alpha value is -1.36. The lowest BCUT2D eigenvalue weighted by Gasteiger charge is -2.16. The number of hydrogen-bond acceptors (Lipinski definition) is 2. The Bertz CT molecular complexity index is 489. The van der Waals surface area contributed by atoms with Crippen LogP contribution in [0.5, 0.6) is 0 Å². The molecule has 1 amide bonds. The summed E-state index contributed by atoms with van der Waals surface area (Å²) >= 11 is 3.36. The number of carboxylic acid groups (broad SMARTS) is 1. The molecule has 1 N–H and O–H groups in total. The molecule has 2 rings (SSSR count). The molecule has 0 spiro atoms. The summed E-state index contributed by atoms with van der Waals surface area (Å²) < 4.78 is 0.889. The van der Waals surface area contributed by atoms with Crippen molar-refractivity contribution in [2.75, 3.05) is 13.1 Å². The molecule has 0 saturated carbocycles. The first-order chi connectivity index (χ1) is 9.06. The van der Waals surface area contributed by atoms with E-state index in [1.807, 2.05) is 23.1 Å². The zero-order valence-electron chi connectivity index (χ0n) is 10.5. The van der Waals surface area contributed by atoms with Crippen LogP contribution in [-0.4, -0.2) is 35.0 Å². The van der Waals surface area contributed by atoms with Crippen LogP contribution in [0.2, 0.25) is 0 Å². The van der Waals surface area contributed by atoms with Gasteiger partial charge in [0.05, 0.1) is 0 Å². The van der Waals surface area contributed by atoms with Crippen molar-refractivity contribution < 1.29 is 14.7 Å². The Morgan fingerprint density at radius 1 is 1.42 bits per heavy atom. The molecule has 4 nitrogen and oxygen atoms in total. The van der Waals surface area contributed by atoms with Gasteiger partial charge in [-0.2, -0.15) is 0 Å². The third kappa shape index (κ3) is 3.80. The van der Waals surface area contributed by atoms with Crippen LogP contribution in [0.15, 0.2) is 28.7 Å². The first kappa shape index (κ1) is 14.1. The fourth-order valence-corrected chi connectivity index (χ4v) is 2.78. The van der Waals surface area contributed by atoms with E-state index < -0.39 is 5.97 Å². The highest BCUT2D eigenvalue weighted by atomic mass is 79.9. The van der Waals surface area contributed by atoms with Gasteiger partial charge in [0.2, 0.25) is 0 Å². The lowest BCUT2D eigenvalue weighted by molar-refractivity contribution is -0.137. The lowest BCUT2D eigenvalue weighted by Crippen LogP contribution is -2.28. The van der Waals surface area contributed by atoms with Crippen molar-refractivity contribution in [2.24, 2.45) is 5.92 Å². The van der Waals surface area contributed by atoms with Gasteiger partial charge >= 0.3 is 5.97 Å². The molecule has 1 aromatic rings. The van der Waals surface area contributed by atoms with E-state index in [0.29, 0.717) is 24.4 Å². The van der Waals surface area contributed by atoms with Crippen LogP contribution in [0, 0.1) is 5.92 Å². The van der Waals surface area contributed by atoms with Gasteiger partial charge in [-0.3, -0.25) is 9.59 Å². The van der Waals surface area contributed by atoms with E-state index in [4.69, 9.17) is 5.11 Å². The summed E-state index contributed by atoms with van der Waals surface area (Å²) in [5.41, 5.74) is 0.674. The van der Waals surface area contributed by atoms with Crippen molar-refractivity contribution in [3.8, 4) is 0 Å². The van der Waals surface area contributed by atoms with Crippen molar-refractivity contribution in [2.45, 2.75) is 19.3 Å². The van der Waals surface area contributed by atoms with E-state index >= 15 is 0 Å². The number of hydrogen-bond donors (Lipinski definition) is 1. The van der Waals surface area contributed by atoms with Gasteiger partial charge in [-0.05, 0) is 37.0 Å². The minimum Gasteiger partial charge on any atom is -0.481 e. The number of amides is 1. The Morgan fingerprint density at radius 2 is 2.21 bits per heavy atom. The molecule has 1 atom stereocenters. The number of carboxylic acids is 1. The van der Waals surface area contributed by atoms with Crippen molar-refractivity contribution in [1.29, 1.82) is 0 Å². The molecule has 1 fully saturated rings. The number of likely N-dealkylation sites (tertiary alicyclic amines) is 1. The number of halogens is 1. The lowest BCUT2D eigenvalue weighted by atomic mass is 10.0. The highest BCUT2D eigenvalue weighted by Crippen LogP contribution is 2.23. The predicted molar refractivity (Wildman–Crippen MR) is 75.0 cm³/mol. The Kier molecular flexibility index (Phi) is 4.58. The minimum absolute atomic E-state index is 0.0270. The summed E-state index contributed by atoms with van der Waals surface area (Å²) in [6, 6.07) is 7.34.